The number of carbonyl (C=O) groups is 1. The van der Waals surface area contributed by atoms with Crippen LogP contribution in [0, 0.1) is 12.8 Å². The summed E-state index contributed by atoms with van der Waals surface area (Å²) in [6.07, 6.45) is 1.43. The van der Waals surface area contributed by atoms with E-state index in [4.69, 9.17) is 4.74 Å². The second kappa shape index (κ2) is 6.96. The Labute approximate surface area is 107 Å². The van der Waals surface area contributed by atoms with Crippen LogP contribution in [0.1, 0.15) is 29.9 Å². The van der Waals surface area contributed by atoms with Gasteiger partial charge in [-0.1, -0.05) is 13.8 Å². The van der Waals surface area contributed by atoms with Gasteiger partial charge in [-0.25, -0.2) is 0 Å². The first-order valence-corrected chi connectivity index (χ1v) is 6.06. The van der Waals surface area contributed by atoms with Crippen LogP contribution in [-0.2, 0) is 4.74 Å². The monoisotopic (exact) mass is 252 g/mol. The highest BCUT2D eigenvalue weighted by Gasteiger charge is 2.09. The second-order valence-corrected chi connectivity index (χ2v) is 4.62. The summed E-state index contributed by atoms with van der Waals surface area (Å²) in [4.78, 5) is 26.1. The van der Waals surface area contributed by atoms with E-state index in [0.29, 0.717) is 25.7 Å². The Morgan fingerprint density at radius 2 is 2.22 bits per heavy atom. The molecular weight excluding hydrogens is 232 g/mol. The zero-order valence-corrected chi connectivity index (χ0v) is 11.1. The number of hydrogen-bond acceptors (Lipinski definition) is 3. The van der Waals surface area contributed by atoms with E-state index in [1.807, 2.05) is 0 Å². The number of pyridine rings is 1. The maximum atomic E-state index is 11.7. The van der Waals surface area contributed by atoms with Crippen molar-refractivity contribution < 1.29 is 9.53 Å². The number of amides is 1. The highest BCUT2D eigenvalue weighted by atomic mass is 16.5. The van der Waals surface area contributed by atoms with Gasteiger partial charge >= 0.3 is 0 Å². The molecule has 1 aromatic rings. The Morgan fingerprint density at radius 3 is 2.83 bits per heavy atom. The highest BCUT2D eigenvalue weighted by molar-refractivity contribution is 5.93. The van der Waals surface area contributed by atoms with Crippen LogP contribution in [0.2, 0.25) is 0 Å². The molecule has 0 aliphatic carbocycles. The van der Waals surface area contributed by atoms with E-state index in [1.54, 1.807) is 6.92 Å². The van der Waals surface area contributed by atoms with E-state index in [0.717, 1.165) is 5.69 Å². The molecule has 2 N–H and O–H groups in total. The van der Waals surface area contributed by atoms with Crippen molar-refractivity contribution in [3.8, 4) is 0 Å². The molecule has 1 amide bonds. The van der Waals surface area contributed by atoms with Crippen LogP contribution >= 0.6 is 0 Å². The van der Waals surface area contributed by atoms with E-state index >= 15 is 0 Å². The van der Waals surface area contributed by atoms with Gasteiger partial charge in [0.2, 0.25) is 0 Å². The molecule has 0 bridgehead atoms. The molecule has 0 atom stereocenters. The first-order valence-electron chi connectivity index (χ1n) is 6.06. The Morgan fingerprint density at radius 1 is 1.50 bits per heavy atom. The molecule has 1 heterocycles. The van der Waals surface area contributed by atoms with Crippen LogP contribution < -0.4 is 10.7 Å². The van der Waals surface area contributed by atoms with E-state index in [1.165, 1.54) is 12.3 Å². The van der Waals surface area contributed by atoms with Gasteiger partial charge in [-0.15, -0.1) is 0 Å². The third-order valence-electron chi connectivity index (χ3n) is 2.29. The van der Waals surface area contributed by atoms with Gasteiger partial charge in [0.15, 0.2) is 5.43 Å². The average molecular weight is 252 g/mol. The minimum atomic E-state index is -0.371. The van der Waals surface area contributed by atoms with Gasteiger partial charge in [-0.05, 0) is 12.8 Å². The van der Waals surface area contributed by atoms with Gasteiger partial charge in [0.25, 0.3) is 5.91 Å². The fourth-order valence-corrected chi connectivity index (χ4v) is 1.40. The van der Waals surface area contributed by atoms with Crippen molar-refractivity contribution in [1.82, 2.24) is 10.3 Å². The molecule has 0 radical (unpaired) electrons. The van der Waals surface area contributed by atoms with Crippen molar-refractivity contribution in [2.45, 2.75) is 20.8 Å². The molecule has 0 aliphatic rings. The van der Waals surface area contributed by atoms with Crippen molar-refractivity contribution in [2.24, 2.45) is 5.92 Å². The zero-order chi connectivity index (χ0) is 13.5. The summed E-state index contributed by atoms with van der Waals surface area (Å²) in [6.45, 7) is 7.41. The quantitative estimate of drug-likeness (QED) is 0.744. The number of rotatable bonds is 6. The van der Waals surface area contributed by atoms with Crippen LogP contribution in [0.4, 0.5) is 0 Å². The number of nitrogens with one attached hydrogen (secondary N) is 2. The predicted octanol–water partition coefficient (Wildman–Crippen LogP) is 1.09. The summed E-state index contributed by atoms with van der Waals surface area (Å²) in [7, 11) is 0. The van der Waals surface area contributed by atoms with Gasteiger partial charge in [-0.2, -0.15) is 0 Å². The average Bonchev–Trinajstić information content (AvgIpc) is 2.27. The Bertz CT molecular complexity index is 452. The minimum absolute atomic E-state index is 0.129. The first-order chi connectivity index (χ1) is 8.50. The molecular formula is C13H20N2O3. The topological polar surface area (TPSA) is 71.2 Å². The molecule has 18 heavy (non-hydrogen) atoms. The smallest absolute Gasteiger partial charge is 0.256 e. The summed E-state index contributed by atoms with van der Waals surface area (Å²) < 4.78 is 5.33. The lowest BCUT2D eigenvalue weighted by atomic mass is 10.2. The number of hydrogen-bond donors (Lipinski definition) is 2. The summed E-state index contributed by atoms with van der Waals surface area (Å²) in [5, 5.41) is 2.65. The second-order valence-electron chi connectivity index (χ2n) is 4.62. The Kier molecular flexibility index (Phi) is 5.58. The molecule has 0 unspecified atom stereocenters. The van der Waals surface area contributed by atoms with E-state index in [9.17, 15) is 9.59 Å². The molecule has 1 aromatic heterocycles. The summed E-state index contributed by atoms with van der Waals surface area (Å²) in [5.41, 5.74) is 0.591. The molecule has 1 rings (SSSR count). The third kappa shape index (κ3) is 4.71. The van der Waals surface area contributed by atoms with Crippen LogP contribution in [-0.4, -0.2) is 30.6 Å². The van der Waals surface area contributed by atoms with Crippen molar-refractivity contribution >= 4 is 5.91 Å². The SMILES string of the molecule is Cc1cc(=O)c(C(=O)NCCOCC(C)C)c[nH]1. The molecule has 100 valence electrons. The lowest BCUT2D eigenvalue weighted by Crippen LogP contribution is -2.31. The van der Waals surface area contributed by atoms with Crippen molar-refractivity contribution in [2.75, 3.05) is 19.8 Å². The highest BCUT2D eigenvalue weighted by Crippen LogP contribution is 1.93. The molecule has 0 spiro atoms. The summed E-state index contributed by atoms with van der Waals surface area (Å²) in [6, 6.07) is 1.41. The number of carbonyl (C=O) groups excluding carboxylic acids is 1. The first kappa shape index (κ1) is 14.4. The van der Waals surface area contributed by atoms with Gasteiger partial charge in [0.05, 0.1) is 6.61 Å². The standard InChI is InChI=1S/C13H20N2O3/c1-9(2)8-18-5-4-14-13(17)11-7-15-10(3)6-12(11)16/h6-7,9H,4-5,8H2,1-3H3,(H,14,17)(H,15,16). The maximum Gasteiger partial charge on any atom is 0.256 e. The van der Waals surface area contributed by atoms with Crippen LogP contribution in [0.3, 0.4) is 0 Å². The summed E-state index contributed by atoms with van der Waals surface area (Å²) in [5.74, 6) is 0.102. The van der Waals surface area contributed by atoms with Crippen molar-refractivity contribution in [3.63, 3.8) is 0 Å². The number of aryl methyl sites for hydroxylation is 1. The van der Waals surface area contributed by atoms with Crippen molar-refractivity contribution in [3.05, 3.63) is 33.7 Å². The molecule has 0 aromatic carbocycles. The lowest BCUT2D eigenvalue weighted by molar-refractivity contribution is 0.0885. The molecule has 0 saturated carbocycles. The van der Waals surface area contributed by atoms with Gasteiger partial charge in [0.1, 0.15) is 5.56 Å². The number of ether oxygens (including phenoxy) is 1. The molecule has 0 saturated heterocycles. The minimum Gasteiger partial charge on any atom is -0.379 e. The van der Waals surface area contributed by atoms with E-state index < -0.39 is 0 Å². The van der Waals surface area contributed by atoms with Crippen LogP contribution in [0.25, 0.3) is 0 Å². The molecule has 5 heteroatoms. The maximum absolute atomic E-state index is 11.7. The number of H-pyrrole nitrogens is 1. The molecule has 0 fully saturated rings. The van der Waals surface area contributed by atoms with Gasteiger partial charge in [-0.3, -0.25) is 9.59 Å². The zero-order valence-electron chi connectivity index (χ0n) is 11.1. The fraction of sp³-hybridized carbons (Fsp3) is 0.538. The van der Waals surface area contributed by atoms with E-state index in [-0.39, 0.29) is 16.9 Å². The Hall–Kier alpha value is -1.62. The van der Waals surface area contributed by atoms with Gasteiger partial charge < -0.3 is 15.0 Å². The van der Waals surface area contributed by atoms with Crippen molar-refractivity contribution in [1.29, 1.82) is 0 Å². The number of aromatic amines is 1. The van der Waals surface area contributed by atoms with E-state index in [2.05, 4.69) is 24.1 Å². The van der Waals surface area contributed by atoms with Gasteiger partial charge in [0, 0.05) is 31.1 Å². The lowest BCUT2D eigenvalue weighted by Gasteiger charge is -2.08. The normalized spacial score (nSPS) is 10.7. The summed E-state index contributed by atoms with van der Waals surface area (Å²) >= 11 is 0. The number of aromatic nitrogens is 1. The van der Waals surface area contributed by atoms with Crippen LogP contribution in [0.5, 0.6) is 0 Å². The molecule has 0 aliphatic heterocycles. The van der Waals surface area contributed by atoms with Crippen LogP contribution in [0.15, 0.2) is 17.1 Å². The Balaban J connectivity index is 2.39. The predicted molar refractivity (Wildman–Crippen MR) is 69.8 cm³/mol. The third-order valence-corrected chi connectivity index (χ3v) is 2.29. The largest absolute Gasteiger partial charge is 0.379 e. The fourth-order valence-electron chi connectivity index (χ4n) is 1.40. The molecule has 5 nitrogen and oxygen atoms in total.